The first-order valence-electron chi connectivity index (χ1n) is 5.23. The van der Waals surface area contributed by atoms with Crippen LogP contribution >= 0.6 is 15.9 Å². The summed E-state index contributed by atoms with van der Waals surface area (Å²) in [6.45, 7) is 2.70. The number of hydrogen-bond donors (Lipinski definition) is 0. The van der Waals surface area contributed by atoms with Gasteiger partial charge in [-0.15, -0.1) is 0 Å². The second-order valence-electron chi connectivity index (χ2n) is 3.95. The minimum atomic E-state index is -0.104. The van der Waals surface area contributed by atoms with Gasteiger partial charge in [-0.1, -0.05) is 0 Å². The lowest BCUT2D eigenvalue weighted by Gasteiger charge is -2.25. The van der Waals surface area contributed by atoms with Crippen molar-refractivity contribution in [2.24, 2.45) is 0 Å². The highest BCUT2D eigenvalue weighted by Gasteiger charge is 2.31. The Balaban J connectivity index is 2.10. The quantitative estimate of drug-likeness (QED) is 0.838. The fourth-order valence-electron chi connectivity index (χ4n) is 1.98. The van der Waals surface area contributed by atoms with Gasteiger partial charge in [-0.25, -0.2) is 0 Å². The molecular formula is C11H14BrNO3. The Morgan fingerprint density at radius 2 is 2.31 bits per heavy atom. The van der Waals surface area contributed by atoms with E-state index in [-0.39, 0.29) is 18.1 Å². The lowest BCUT2D eigenvalue weighted by Crippen LogP contribution is -2.40. The van der Waals surface area contributed by atoms with Gasteiger partial charge >= 0.3 is 0 Å². The second kappa shape index (κ2) is 4.59. The van der Waals surface area contributed by atoms with Gasteiger partial charge in [0.15, 0.2) is 10.4 Å². The smallest absolute Gasteiger partial charge is 0.289 e. The number of carbonyl (C=O) groups excluding carboxylic acids is 1. The van der Waals surface area contributed by atoms with E-state index in [4.69, 9.17) is 9.15 Å². The van der Waals surface area contributed by atoms with Crippen molar-refractivity contribution in [2.45, 2.75) is 25.5 Å². The molecule has 1 aliphatic heterocycles. The fourth-order valence-corrected chi connectivity index (χ4v) is 2.29. The van der Waals surface area contributed by atoms with Crippen LogP contribution in [-0.4, -0.2) is 36.6 Å². The summed E-state index contributed by atoms with van der Waals surface area (Å²) in [6.07, 6.45) is 0.970. The van der Waals surface area contributed by atoms with Crippen LogP contribution in [0.2, 0.25) is 0 Å². The molecule has 0 aromatic carbocycles. The summed E-state index contributed by atoms with van der Waals surface area (Å²) in [4.78, 5) is 13.7. The number of rotatable bonds is 2. The SMILES string of the molecule is CC1OCCC1N(C)C(=O)c1ccc(Br)o1. The Morgan fingerprint density at radius 3 is 2.81 bits per heavy atom. The van der Waals surface area contributed by atoms with Crippen LogP contribution in [0.1, 0.15) is 23.9 Å². The zero-order valence-electron chi connectivity index (χ0n) is 9.27. The minimum absolute atomic E-state index is 0.0901. The monoisotopic (exact) mass is 287 g/mol. The van der Waals surface area contributed by atoms with Gasteiger partial charge in [-0.05, 0) is 41.4 Å². The molecule has 0 N–H and O–H groups in total. The number of halogens is 1. The summed E-state index contributed by atoms with van der Waals surface area (Å²) in [5, 5.41) is 0. The van der Waals surface area contributed by atoms with Gasteiger partial charge in [0, 0.05) is 13.7 Å². The molecule has 0 radical (unpaired) electrons. The van der Waals surface area contributed by atoms with Crippen molar-refractivity contribution in [2.75, 3.05) is 13.7 Å². The average molecular weight is 288 g/mol. The zero-order chi connectivity index (χ0) is 11.7. The fraction of sp³-hybridized carbons (Fsp3) is 0.545. The summed E-state index contributed by atoms with van der Waals surface area (Å²) in [5.74, 6) is 0.251. The van der Waals surface area contributed by atoms with Crippen molar-refractivity contribution in [1.29, 1.82) is 0 Å². The molecule has 2 heterocycles. The van der Waals surface area contributed by atoms with E-state index in [1.807, 2.05) is 6.92 Å². The van der Waals surface area contributed by atoms with Gasteiger partial charge in [-0.3, -0.25) is 4.79 Å². The Bertz CT molecular complexity index is 390. The van der Waals surface area contributed by atoms with Gasteiger partial charge in [-0.2, -0.15) is 0 Å². The number of amides is 1. The largest absolute Gasteiger partial charge is 0.444 e. The van der Waals surface area contributed by atoms with Gasteiger partial charge in [0.1, 0.15) is 0 Å². The van der Waals surface area contributed by atoms with Crippen LogP contribution in [0.25, 0.3) is 0 Å². The van der Waals surface area contributed by atoms with Crippen molar-refractivity contribution in [3.63, 3.8) is 0 Å². The standard InChI is InChI=1S/C11H14BrNO3/c1-7-8(5-6-15-7)13(2)11(14)9-3-4-10(12)16-9/h3-4,7-8H,5-6H2,1-2H3. The van der Waals surface area contributed by atoms with Crippen molar-refractivity contribution in [3.05, 3.63) is 22.6 Å². The highest BCUT2D eigenvalue weighted by Crippen LogP contribution is 2.21. The van der Waals surface area contributed by atoms with Gasteiger partial charge in [0.05, 0.1) is 12.1 Å². The Morgan fingerprint density at radius 1 is 1.56 bits per heavy atom. The second-order valence-corrected chi connectivity index (χ2v) is 4.73. The van der Waals surface area contributed by atoms with E-state index in [2.05, 4.69) is 15.9 Å². The molecule has 1 aromatic rings. The normalized spacial score (nSPS) is 24.7. The molecule has 0 bridgehead atoms. The molecule has 88 valence electrons. The molecule has 1 aliphatic rings. The van der Waals surface area contributed by atoms with E-state index in [9.17, 15) is 4.79 Å². The molecule has 2 atom stereocenters. The maximum absolute atomic E-state index is 12.0. The molecule has 5 heteroatoms. The Labute approximate surface area is 103 Å². The molecule has 2 unspecified atom stereocenters. The number of ether oxygens (including phenoxy) is 1. The van der Waals surface area contributed by atoms with Crippen molar-refractivity contribution >= 4 is 21.8 Å². The third kappa shape index (κ3) is 2.15. The van der Waals surface area contributed by atoms with E-state index in [0.29, 0.717) is 17.0 Å². The summed E-state index contributed by atoms with van der Waals surface area (Å²) >= 11 is 3.18. The molecule has 0 aliphatic carbocycles. The van der Waals surface area contributed by atoms with E-state index in [1.54, 1.807) is 24.1 Å². The highest BCUT2D eigenvalue weighted by atomic mass is 79.9. The zero-order valence-corrected chi connectivity index (χ0v) is 10.9. The van der Waals surface area contributed by atoms with Crippen LogP contribution in [0, 0.1) is 0 Å². The first-order chi connectivity index (χ1) is 7.59. The molecule has 0 spiro atoms. The molecule has 1 saturated heterocycles. The van der Waals surface area contributed by atoms with E-state index < -0.39 is 0 Å². The lowest BCUT2D eigenvalue weighted by atomic mass is 10.1. The third-order valence-electron chi connectivity index (χ3n) is 2.94. The Hall–Kier alpha value is -0.810. The first kappa shape index (κ1) is 11.7. The molecule has 16 heavy (non-hydrogen) atoms. The van der Waals surface area contributed by atoms with Gasteiger partial charge < -0.3 is 14.1 Å². The average Bonchev–Trinajstić information content (AvgIpc) is 2.85. The number of hydrogen-bond acceptors (Lipinski definition) is 3. The summed E-state index contributed by atoms with van der Waals surface area (Å²) in [7, 11) is 1.79. The third-order valence-corrected chi connectivity index (χ3v) is 3.36. The maximum Gasteiger partial charge on any atom is 0.289 e. The lowest BCUT2D eigenvalue weighted by molar-refractivity contribution is 0.0548. The van der Waals surface area contributed by atoms with Crippen LogP contribution in [0.3, 0.4) is 0 Å². The van der Waals surface area contributed by atoms with Crippen LogP contribution < -0.4 is 0 Å². The molecular weight excluding hydrogens is 274 g/mol. The molecule has 1 aromatic heterocycles. The highest BCUT2D eigenvalue weighted by molar-refractivity contribution is 9.10. The minimum Gasteiger partial charge on any atom is -0.444 e. The summed E-state index contributed by atoms with van der Waals surface area (Å²) in [6, 6.07) is 3.52. The molecule has 0 saturated carbocycles. The molecule has 1 amide bonds. The van der Waals surface area contributed by atoms with Crippen molar-refractivity contribution < 1.29 is 13.9 Å². The van der Waals surface area contributed by atoms with E-state index >= 15 is 0 Å². The van der Waals surface area contributed by atoms with Crippen LogP contribution in [0.15, 0.2) is 21.2 Å². The topological polar surface area (TPSA) is 42.7 Å². The van der Waals surface area contributed by atoms with Crippen LogP contribution in [0.4, 0.5) is 0 Å². The predicted octanol–water partition coefficient (Wildman–Crippen LogP) is 2.29. The molecule has 4 nitrogen and oxygen atoms in total. The Kier molecular flexibility index (Phi) is 3.35. The van der Waals surface area contributed by atoms with E-state index in [0.717, 1.165) is 6.42 Å². The first-order valence-corrected chi connectivity index (χ1v) is 6.03. The summed E-state index contributed by atoms with van der Waals surface area (Å²) < 4.78 is 11.3. The number of nitrogens with zero attached hydrogens (tertiary/aromatic N) is 1. The molecule has 1 fully saturated rings. The van der Waals surface area contributed by atoms with Crippen molar-refractivity contribution in [3.8, 4) is 0 Å². The van der Waals surface area contributed by atoms with E-state index in [1.165, 1.54) is 0 Å². The number of carbonyl (C=O) groups is 1. The molecule has 2 rings (SSSR count). The number of likely N-dealkylation sites (N-methyl/N-ethyl adjacent to an activating group) is 1. The van der Waals surface area contributed by atoms with Crippen LogP contribution in [0.5, 0.6) is 0 Å². The predicted molar refractivity (Wildman–Crippen MR) is 62.3 cm³/mol. The van der Waals surface area contributed by atoms with Gasteiger partial charge in [0.25, 0.3) is 5.91 Å². The number of furan rings is 1. The maximum atomic E-state index is 12.0. The van der Waals surface area contributed by atoms with Gasteiger partial charge in [0.2, 0.25) is 0 Å². The summed E-state index contributed by atoms with van der Waals surface area (Å²) in [5.41, 5.74) is 0. The van der Waals surface area contributed by atoms with Crippen molar-refractivity contribution in [1.82, 2.24) is 4.90 Å². The van der Waals surface area contributed by atoms with Crippen LogP contribution in [-0.2, 0) is 4.74 Å².